The minimum Gasteiger partial charge on any atom is -0.398 e. The molecular weight excluding hydrogens is 256 g/mol. The quantitative estimate of drug-likeness (QED) is 0.580. The van der Waals surface area contributed by atoms with E-state index in [0.29, 0.717) is 42.6 Å². The molecule has 0 aromatic heterocycles. The molecule has 1 aromatic carbocycles. The van der Waals surface area contributed by atoms with Crippen molar-refractivity contribution >= 4 is 23.2 Å². The standard InChI is InChI=1S/C12H17ClN2O3/c1-17-6-7-18-5-4-15-12(16)9-2-3-10(13)11(14)8-9/h2-3,8H,4-7,14H2,1H3,(H,15,16). The summed E-state index contributed by atoms with van der Waals surface area (Å²) in [5, 5.41) is 3.16. The van der Waals surface area contributed by atoms with Gasteiger partial charge in [0.1, 0.15) is 0 Å². The van der Waals surface area contributed by atoms with E-state index >= 15 is 0 Å². The number of methoxy groups -OCH3 is 1. The zero-order valence-corrected chi connectivity index (χ0v) is 11.0. The van der Waals surface area contributed by atoms with Crippen molar-refractivity contribution < 1.29 is 14.3 Å². The summed E-state index contributed by atoms with van der Waals surface area (Å²) in [5.74, 6) is -0.200. The summed E-state index contributed by atoms with van der Waals surface area (Å²) in [4.78, 5) is 11.7. The van der Waals surface area contributed by atoms with Crippen molar-refractivity contribution in [1.29, 1.82) is 0 Å². The fourth-order valence-electron chi connectivity index (χ4n) is 1.27. The molecule has 0 saturated carbocycles. The van der Waals surface area contributed by atoms with E-state index in [4.69, 9.17) is 26.8 Å². The average Bonchev–Trinajstić information content (AvgIpc) is 2.36. The third kappa shape index (κ3) is 4.91. The number of hydrogen-bond acceptors (Lipinski definition) is 4. The van der Waals surface area contributed by atoms with Gasteiger partial charge in [0, 0.05) is 19.2 Å². The Hall–Kier alpha value is -1.30. The number of halogens is 1. The van der Waals surface area contributed by atoms with Gasteiger partial charge in [0.2, 0.25) is 0 Å². The van der Waals surface area contributed by atoms with Crippen LogP contribution >= 0.6 is 11.6 Å². The summed E-state index contributed by atoms with van der Waals surface area (Å²) >= 11 is 5.77. The van der Waals surface area contributed by atoms with Crippen molar-refractivity contribution in [2.45, 2.75) is 0 Å². The highest BCUT2D eigenvalue weighted by Crippen LogP contribution is 2.19. The Kier molecular flexibility index (Phi) is 6.49. The number of rotatable bonds is 7. The largest absolute Gasteiger partial charge is 0.398 e. The van der Waals surface area contributed by atoms with Crippen LogP contribution in [0.1, 0.15) is 10.4 Å². The van der Waals surface area contributed by atoms with Crippen LogP contribution in [-0.2, 0) is 9.47 Å². The van der Waals surface area contributed by atoms with Crippen molar-refractivity contribution in [3.63, 3.8) is 0 Å². The number of hydrogen-bond donors (Lipinski definition) is 2. The van der Waals surface area contributed by atoms with Crippen molar-refractivity contribution in [3.05, 3.63) is 28.8 Å². The number of nitrogens with one attached hydrogen (secondary N) is 1. The topological polar surface area (TPSA) is 73.6 Å². The van der Waals surface area contributed by atoms with E-state index < -0.39 is 0 Å². The lowest BCUT2D eigenvalue weighted by atomic mass is 10.2. The van der Waals surface area contributed by atoms with Gasteiger partial charge in [-0.15, -0.1) is 0 Å². The first kappa shape index (κ1) is 14.8. The molecule has 0 aliphatic heterocycles. The average molecular weight is 273 g/mol. The maximum atomic E-state index is 11.7. The van der Waals surface area contributed by atoms with Gasteiger partial charge in [0.25, 0.3) is 5.91 Å². The molecule has 5 nitrogen and oxygen atoms in total. The molecule has 0 spiro atoms. The molecule has 0 unspecified atom stereocenters. The summed E-state index contributed by atoms with van der Waals surface area (Å²) in [6.45, 7) is 1.94. The summed E-state index contributed by atoms with van der Waals surface area (Å²) in [6.07, 6.45) is 0. The van der Waals surface area contributed by atoms with Crippen LogP contribution in [0.3, 0.4) is 0 Å². The van der Waals surface area contributed by atoms with E-state index in [2.05, 4.69) is 5.32 Å². The first-order chi connectivity index (χ1) is 8.65. The van der Waals surface area contributed by atoms with Crippen LogP contribution in [0.25, 0.3) is 0 Å². The van der Waals surface area contributed by atoms with Gasteiger partial charge >= 0.3 is 0 Å². The first-order valence-corrected chi connectivity index (χ1v) is 5.93. The van der Waals surface area contributed by atoms with Crippen molar-refractivity contribution in [2.24, 2.45) is 0 Å². The van der Waals surface area contributed by atoms with Gasteiger partial charge in [-0.2, -0.15) is 0 Å². The van der Waals surface area contributed by atoms with E-state index in [9.17, 15) is 4.79 Å². The van der Waals surface area contributed by atoms with Gasteiger partial charge in [-0.05, 0) is 18.2 Å². The summed E-state index contributed by atoms with van der Waals surface area (Å²) in [5.41, 5.74) is 6.49. The van der Waals surface area contributed by atoms with Crippen LogP contribution in [0.15, 0.2) is 18.2 Å². The van der Waals surface area contributed by atoms with E-state index in [1.54, 1.807) is 25.3 Å². The first-order valence-electron chi connectivity index (χ1n) is 5.55. The van der Waals surface area contributed by atoms with Gasteiger partial charge in [0.15, 0.2) is 0 Å². The monoisotopic (exact) mass is 272 g/mol. The van der Waals surface area contributed by atoms with Crippen molar-refractivity contribution in [3.8, 4) is 0 Å². The number of benzene rings is 1. The van der Waals surface area contributed by atoms with Crippen molar-refractivity contribution in [2.75, 3.05) is 39.2 Å². The van der Waals surface area contributed by atoms with Crippen LogP contribution in [0, 0.1) is 0 Å². The second kappa shape index (κ2) is 7.92. The van der Waals surface area contributed by atoms with Crippen LogP contribution in [0.2, 0.25) is 5.02 Å². The Morgan fingerprint density at radius 3 is 2.83 bits per heavy atom. The minimum atomic E-state index is -0.200. The lowest BCUT2D eigenvalue weighted by Crippen LogP contribution is -2.27. The normalized spacial score (nSPS) is 10.3. The van der Waals surface area contributed by atoms with Crippen LogP contribution in [-0.4, -0.2) is 39.4 Å². The van der Waals surface area contributed by atoms with E-state index in [1.165, 1.54) is 0 Å². The van der Waals surface area contributed by atoms with Crippen LogP contribution in [0.5, 0.6) is 0 Å². The highest BCUT2D eigenvalue weighted by atomic mass is 35.5. The molecule has 0 radical (unpaired) electrons. The molecule has 0 fully saturated rings. The molecule has 0 bridgehead atoms. The number of anilines is 1. The number of carbonyl (C=O) groups excluding carboxylic acids is 1. The smallest absolute Gasteiger partial charge is 0.251 e. The molecule has 1 rings (SSSR count). The molecule has 6 heteroatoms. The van der Waals surface area contributed by atoms with Gasteiger partial charge in [-0.1, -0.05) is 11.6 Å². The second-order valence-corrected chi connectivity index (χ2v) is 4.00. The maximum absolute atomic E-state index is 11.7. The van der Waals surface area contributed by atoms with Crippen LogP contribution < -0.4 is 11.1 Å². The Balaban J connectivity index is 2.30. The Labute approximate surface area is 111 Å². The molecule has 1 aromatic rings. The molecule has 3 N–H and O–H groups in total. The lowest BCUT2D eigenvalue weighted by Gasteiger charge is -2.07. The van der Waals surface area contributed by atoms with Crippen LogP contribution in [0.4, 0.5) is 5.69 Å². The molecule has 100 valence electrons. The molecule has 1 amide bonds. The van der Waals surface area contributed by atoms with E-state index in [0.717, 1.165) is 0 Å². The van der Waals surface area contributed by atoms with Gasteiger partial charge in [0.05, 0.1) is 30.5 Å². The summed E-state index contributed by atoms with van der Waals surface area (Å²) in [6, 6.07) is 4.77. The van der Waals surface area contributed by atoms with E-state index in [1.807, 2.05) is 0 Å². The Morgan fingerprint density at radius 1 is 1.39 bits per heavy atom. The molecule has 18 heavy (non-hydrogen) atoms. The number of ether oxygens (including phenoxy) is 2. The maximum Gasteiger partial charge on any atom is 0.251 e. The zero-order valence-electron chi connectivity index (χ0n) is 10.2. The number of nitrogens with two attached hydrogens (primary N) is 1. The molecule has 0 saturated heterocycles. The third-order valence-corrected chi connectivity index (χ3v) is 2.57. The number of carbonyl (C=O) groups is 1. The third-order valence-electron chi connectivity index (χ3n) is 2.22. The van der Waals surface area contributed by atoms with E-state index in [-0.39, 0.29) is 5.91 Å². The molecule has 0 atom stereocenters. The van der Waals surface area contributed by atoms with Crippen molar-refractivity contribution in [1.82, 2.24) is 5.32 Å². The van der Waals surface area contributed by atoms with Gasteiger partial charge in [-0.25, -0.2) is 0 Å². The predicted molar refractivity (Wildman–Crippen MR) is 70.9 cm³/mol. The van der Waals surface area contributed by atoms with Gasteiger partial charge in [-0.3, -0.25) is 4.79 Å². The van der Waals surface area contributed by atoms with Gasteiger partial charge < -0.3 is 20.5 Å². The Morgan fingerprint density at radius 2 is 2.17 bits per heavy atom. The Bertz CT molecular complexity index is 399. The predicted octanol–water partition coefficient (Wildman–Crippen LogP) is 1.31. The highest BCUT2D eigenvalue weighted by Gasteiger charge is 2.06. The summed E-state index contributed by atoms with van der Waals surface area (Å²) < 4.78 is 10.0. The SMILES string of the molecule is COCCOCCNC(=O)c1ccc(Cl)c(N)c1. The molecule has 0 aliphatic rings. The molecule has 0 aliphatic carbocycles. The zero-order chi connectivity index (χ0) is 13.4. The lowest BCUT2D eigenvalue weighted by molar-refractivity contribution is 0.0693. The number of amides is 1. The fraction of sp³-hybridized carbons (Fsp3) is 0.417. The highest BCUT2D eigenvalue weighted by molar-refractivity contribution is 6.33. The minimum absolute atomic E-state index is 0.200. The molecular formula is C12H17ClN2O3. The fourth-order valence-corrected chi connectivity index (χ4v) is 1.39. The number of nitrogen functional groups attached to an aromatic ring is 1. The second-order valence-electron chi connectivity index (χ2n) is 3.60. The molecule has 0 heterocycles. The summed E-state index contributed by atoms with van der Waals surface area (Å²) in [7, 11) is 1.61.